The van der Waals surface area contributed by atoms with Crippen LogP contribution in [0.5, 0.6) is 0 Å². The molecule has 1 aromatic heterocycles. The summed E-state index contributed by atoms with van der Waals surface area (Å²) in [4.78, 5) is 18.9. The van der Waals surface area contributed by atoms with Crippen molar-refractivity contribution in [3.63, 3.8) is 0 Å². The maximum absolute atomic E-state index is 12.7. The second kappa shape index (κ2) is 6.43. The van der Waals surface area contributed by atoms with E-state index in [-0.39, 0.29) is 11.1 Å². The number of halogens is 3. The third-order valence-electron chi connectivity index (χ3n) is 2.83. The van der Waals surface area contributed by atoms with Crippen LogP contribution in [-0.2, 0) is 6.42 Å². The van der Waals surface area contributed by atoms with Crippen LogP contribution in [0, 0.1) is 3.57 Å². The Bertz CT molecular complexity index is 670. The third kappa shape index (κ3) is 3.23. The quantitative estimate of drug-likeness (QED) is 0.805. The van der Waals surface area contributed by atoms with Crippen molar-refractivity contribution in [3.05, 3.63) is 49.4 Å². The zero-order chi connectivity index (χ0) is 14.7. The van der Waals surface area contributed by atoms with E-state index < -0.39 is 6.43 Å². The summed E-state index contributed by atoms with van der Waals surface area (Å²) in [5.74, 6) is 0.335. The van der Waals surface area contributed by atoms with Gasteiger partial charge in [-0.15, -0.1) is 0 Å². The highest BCUT2D eigenvalue weighted by Crippen LogP contribution is 2.23. The Hall–Kier alpha value is -1.31. The van der Waals surface area contributed by atoms with E-state index in [1.54, 1.807) is 6.07 Å². The van der Waals surface area contributed by atoms with Crippen LogP contribution in [0.4, 0.5) is 8.78 Å². The highest BCUT2D eigenvalue weighted by Gasteiger charge is 2.12. The van der Waals surface area contributed by atoms with Gasteiger partial charge in [0.2, 0.25) is 0 Å². The summed E-state index contributed by atoms with van der Waals surface area (Å²) in [5.41, 5.74) is 0.880. The molecule has 0 unspecified atom stereocenters. The van der Waals surface area contributed by atoms with Crippen LogP contribution in [0.2, 0.25) is 0 Å². The molecule has 0 bridgehead atoms. The van der Waals surface area contributed by atoms with Gasteiger partial charge >= 0.3 is 0 Å². The fourth-order valence-electron chi connectivity index (χ4n) is 1.87. The van der Waals surface area contributed by atoms with Crippen LogP contribution in [0.15, 0.2) is 29.1 Å². The minimum Gasteiger partial charge on any atom is -0.306 e. The zero-order valence-electron chi connectivity index (χ0n) is 10.8. The first-order valence-corrected chi connectivity index (χ1v) is 7.28. The average Bonchev–Trinajstić information content (AvgIpc) is 2.44. The smallest absolute Gasteiger partial charge is 0.264 e. The molecule has 2 aromatic rings. The molecule has 3 nitrogen and oxygen atoms in total. The van der Waals surface area contributed by atoms with Crippen molar-refractivity contribution < 1.29 is 8.78 Å². The summed E-state index contributed by atoms with van der Waals surface area (Å²) in [6, 6.07) is 5.90. The maximum atomic E-state index is 12.7. The number of H-pyrrole nitrogens is 1. The lowest BCUT2D eigenvalue weighted by Gasteiger charge is -2.07. The number of rotatable bonds is 4. The van der Waals surface area contributed by atoms with Crippen molar-refractivity contribution in [2.75, 3.05) is 0 Å². The van der Waals surface area contributed by atoms with Crippen molar-refractivity contribution in [1.82, 2.24) is 9.97 Å². The molecular formula is C14H13F2IN2O. The van der Waals surface area contributed by atoms with E-state index in [4.69, 9.17) is 0 Å². The van der Waals surface area contributed by atoms with Gasteiger partial charge in [0.05, 0.1) is 9.26 Å². The molecule has 1 heterocycles. The number of aryl methyl sites for hydroxylation is 1. The molecule has 0 aliphatic heterocycles. The summed E-state index contributed by atoms with van der Waals surface area (Å²) < 4.78 is 26.0. The van der Waals surface area contributed by atoms with E-state index in [0.29, 0.717) is 27.1 Å². The van der Waals surface area contributed by atoms with Crippen molar-refractivity contribution in [1.29, 1.82) is 0 Å². The second-order valence-corrected chi connectivity index (χ2v) is 5.43. The Balaban J connectivity index is 2.52. The number of hydrogen-bond acceptors (Lipinski definition) is 2. The number of nitrogens with zero attached hydrogens (tertiary/aromatic N) is 1. The first kappa shape index (κ1) is 15.1. The van der Waals surface area contributed by atoms with Crippen LogP contribution < -0.4 is 5.56 Å². The predicted molar refractivity (Wildman–Crippen MR) is 82.0 cm³/mol. The topological polar surface area (TPSA) is 45.8 Å². The predicted octanol–water partition coefficient (Wildman–Crippen LogP) is 3.93. The number of nitrogens with one attached hydrogen (secondary N) is 1. The molecule has 0 spiro atoms. The molecule has 0 amide bonds. The van der Waals surface area contributed by atoms with E-state index in [1.807, 2.05) is 29.5 Å². The van der Waals surface area contributed by atoms with Gasteiger partial charge in [-0.2, -0.15) is 0 Å². The van der Waals surface area contributed by atoms with E-state index in [2.05, 4.69) is 9.97 Å². The van der Waals surface area contributed by atoms with Gasteiger partial charge in [-0.1, -0.05) is 31.5 Å². The molecule has 0 saturated heterocycles. The first-order valence-electron chi connectivity index (χ1n) is 6.20. The van der Waals surface area contributed by atoms with Crippen LogP contribution in [0.1, 0.15) is 31.0 Å². The summed E-state index contributed by atoms with van der Waals surface area (Å²) in [6.07, 6.45) is -0.993. The van der Waals surface area contributed by atoms with Gasteiger partial charge in [0.25, 0.3) is 12.0 Å². The molecule has 1 aromatic carbocycles. The summed E-state index contributed by atoms with van der Waals surface area (Å²) in [5, 5.41) is 0. The molecule has 1 N–H and O–H groups in total. The van der Waals surface area contributed by atoms with Crippen molar-refractivity contribution in [2.45, 2.75) is 26.2 Å². The number of aromatic amines is 1. The lowest BCUT2D eigenvalue weighted by molar-refractivity contribution is 0.151. The molecule has 2 rings (SSSR count). The average molecular weight is 390 g/mol. The molecule has 20 heavy (non-hydrogen) atoms. The molecule has 0 aliphatic carbocycles. The van der Waals surface area contributed by atoms with Crippen molar-refractivity contribution in [2.24, 2.45) is 0 Å². The SMILES string of the molecule is CCCc1nc(-c2cccc(C(F)F)c2)[nH]c(=O)c1I. The van der Waals surface area contributed by atoms with Crippen molar-refractivity contribution >= 4 is 22.6 Å². The fraction of sp³-hybridized carbons (Fsp3) is 0.286. The normalized spacial score (nSPS) is 11.1. The van der Waals surface area contributed by atoms with E-state index in [1.165, 1.54) is 18.2 Å². The number of hydrogen-bond donors (Lipinski definition) is 1. The summed E-state index contributed by atoms with van der Waals surface area (Å²) in [7, 11) is 0. The Kier molecular flexibility index (Phi) is 4.85. The van der Waals surface area contributed by atoms with Gasteiger partial charge in [-0.25, -0.2) is 13.8 Å². The Morgan fingerprint density at radius 1 is 1.40 bits per heavy atom. The van der Waals surface area contributed by atoms with Gasteiger partial charge in [0, 0.05) is 11.1 Å². The van der Waals surface area contributed by atoms with Crippen LogP contribution in [-0.4, -0.2) is 9.97 Å². The second-order valence-electron chi connectivity index (χ2n) is 4.35. The minimum atomic E-state index is -2.54. The Labute approximate surface area is 128 Å². The molecule has 0 saturated carbocycles. The fourth-order valence-corrected chi connectivity index (χ4v) is 2.39. The zero-order valence-corrected chi connectivity index (χ0v) is 12.9. The molecule has 106 valence electrons. The highest BCUT2D eigenvalue weighted by atomic mass is 127. The lowest BCUT2D eigenvalue weighted by Crippen LogP contribution is -2.16. The van der Waals surface area contributed by atoms with Gasteiger partial charge in [0.1, 0.15) is 5.82 Å². The van der Waals surface area contributed by atoms with Gasteiger partial charge < -0.3 is 4.98 Å². The highest BCUT2D eigenvalue weighted by molar-refractivity contribution is 14.1. The van der Waals surface area contributed by atoms with Crippen LogP contribution >= 0.6 is 22.6 Å². The van der Waals surface area contributed by atoms with Gasteiger partial charge in [-0.05, 0) is 35.1 Å². The molecule has 0 atom stereocenters. The largest absolute Gasteiger partial charge is 0.306 e. The molecule has 0 fully saturated rings. The van der Waals surface area contributed by atoms with Crippen LogP contribution in [0.25, 0.3) is 11.4 Å². The molecular weight excluding hydrogens is 377 g/mol. The third-order valence-corrected chi connectivity index (χ3v) is 3.94. The minimum absolute atomic E-state index is 0.0826. The van der Waals surface area contributed by atoms with E-state index in [0.717, 1.165) is 6.42 Å². The Morgan fingerprint density at radius 2 is 2.15 bits per heavy atom. The lowest BCUT2D eigenvalue weighted by atomic mass is 10.1. The monoisotopic (exact) mass is 390 g/mol. The number of benzene rings is 1. The number of alkyl halides is 2. The van der Waals surface area contributed by atoms with Gasteiger partial charge in [-0.3, -0.25) is 4.79 Å². The van der Waals surface area contributed by atoms with Gasteiger partial charge in [0.15, 0.2) is 0 Å². The van der Waals surface area contributed by atoms with E-state index in [9.17, 15) is 13.6 Å². The number of aromatic nitrogens is 2. The standard InChI is InChI=1S/C14H13F2IN2O/c1-2-4-10-11(17)14(20)19-13(18-10)9-6-3-5-8(7-9)12(15)16/h3,5-7,12H,2,4H2,1H3,(H,18,19,20). The molecule has 6 heteroatoms. The molecule has 0 radical (unpaired) electrons. The van der Waals surface area contributed by atoms with Crippen LogP contribution in [0.3, 0.4) is 0 Å². The molecule has 0 aliphatic rings. The first-order chi connectivity index (χ1) is 9.52. The summed E-state index contributed by atoms with van der Waals surface area (Å²) in [6.45, 7) is 2.00. The maximum Gasteiger partial charge on any atom is 0.264 e. The Morgan fingerprint density at radius 3 is 2.80 bits per heavy atom. The van der Waals surface area contributed by atoms with E-state index >= 15 is 0 Å². The van der Waals surface area contributed by atoms with Crippen molar-refractivity contribution in [3.8, 4) is 11.4 Å². The summed E-state index contributed by atoms with van der Waals surface area (Å²) >= 11 is 1.96.